The van der Waals surface area contributed by atoms with Crippen LogP contribution in [0.2, 0.25) is 0 Å². The maximum Gasteiger partial charge on any atom is 0.317 e. The fourth-order valence-electron chi connectivity index (χ4n) is 3.23. The lowest BCUT2D eigenvalue weighted by molar-refractivity contribution is 0.124. The number of sulfonamides is 1. The van der Waals surface area contributed by atoms with Gasteiger partial charge < -0.3 is 10.2 Å². The molecule has 23 heavy (non-hydrogen) atoms. The minimum Gasteiger partial charge on any atom is -0.336 e. The molecule has 0 radical (unpaired) electrons. The first-order valence-electron chi connectivity index (χ1n) is 8.13. The zero-order chi connectivity index (χ0) is 16.6. The van der Waals surface area contributed by atoms with Gasteiger partial charge in [-0.1, -0.05) is 19.9 Å². The summed E-state index contributed by atoms with van der Waals surface area (Å²) in [6.07, 6.45) is 1.72. The minimum atomic E-state index is -3.46. The summed E-state index contributed by atoms with van der Waals surface area (Å²) in [5.41, 5.74) is 2.28. The number of benzene rings is 1. The third kappa shape index (κ3) is 2.83. The summed E-state index contributed by atoms with van der Waals surface area (Å²) in [4.78, 5) is 13.7. The lowest BCUT2D eigenvalue weighted by atomic mass is 10.0. The van der Waals surface area contributed by atoms with Crippen molar-refractivity contribution < 1.29 is 13.2 Å². The zero-order valence-corrected chi connectivity index (χ0v) is 14.4. The van der Waals surface area contributed by atoms with Crippen LogP contribution in [-0.2, 0) is 22.9 Å². The van der Waals surface area contributed by atoms with Gasteiger partial charge in [-0.2, -0.15) is 4.31 Å². The summed E-state index contributed by atoms with van der Waals surface area (Å²) < 4.78 is 26.9. The highest BCUT2D eigenvalue weighted by atomic mass is 32.2. The van der Waals surface area contributed by atoms with Crippen LogP contribution >= 0.6 is 0 Å². The summed E-state index contributed by atoms with van der Waals surface area (Å²) in [6, 6.07) is 5.31. The minimum absolute atomic E-state index is 0.00663. The van der Waals surface area contributed by atoms with Crippen molar-refractivity contribution >= 4 is 16.1 Å². The van der Waals surface area contributed by atoms with E-state index in [1.54, 1.807) is 17.0 Å². The second kappa shape index (κ2) is 6.13. The Morgan fingerprint density at radius 2 is 1.87 bits per heavy atom. The number of rotatable bonds is 5. The molecule has 2 fully saturated rings. The predicted octanol–water partition coefficient (Wildman–Crippen LogP) is 1.21. The van der Waals surface area contributed by atoms with Crippen molar-refractivity contribution in [3.63, 3.8) is 0 Å². The van der Waals surface area contributed by atoms with E-state index in [1.807, 2.05) is 13.0 Å². The normalized spacial score (nSPS) is 19.7. The van der Waals surface area contributed by atoms with Gasteiger partial charge >= 0.3 is 6.03 Å². The van der Waals surface area contributed by atoms with Crippen LogP contribution in [0, 0.1) is 0 Å². The SMILES string of the molecule is CCc1ccc(S(=O)(=O)N2CC(N3CCNC3=O)C2)cc1CC. The Morgan fingerprint density at radius 1 is 1.17 bits per heavy atom. The summed E-state index contributed by atoms with van der Waals surface area (Å²) in [5, 5.41) is 2.75. The first kappa shape index (κ1) is 16.3. The molecule has 2 aliphatic heterocycles. The Labute approximate surface area is 137 Å². The number of hydrogen-bond acceptors (Lipinski definition) is 3. The Morgan fingerprint density at radius 3 is 2.43 bits per heavy atom. The molecule has 0 spiro atoms. The van der Waals surface area contributed by atoms with Gasteiger partial charge in [-0.3, -0.25) is 0 Å². The number of urea groups is 1. The molecule has 0 saturated carbocycles. The van der Waals surface area contributed by atoms with E-state index in [2.05, 4.69) is 12.2 Å². The quantitative estimate of drug-likeness (QED) is 0.878. The molecule has 2 heterocycles. The van der Waals surface area contributed by atoms with Crippen LogP contribution in [0.15, 0.2) is 23.1 Å². The molecule has 3 rings (SSSR count). The number of amides is 2. The molecule has 0 aliphatic carbocycles. The van der Waals surface area contributed by atoms with E-state index in [1.165, 1.54) is 9.87 Å². The van der Waals surface area contributed by atoms with Crippen LogP contribution in [0.25, 0.3) is 0 Å². The van der Waals surface area contributed by atoms with Crippen molar-refractivity contribution in [3.8, 4) is 0 Å². The molecule has 1 aromatic carbocycles. The second-order valence-corrected chi connectivity index (χ2v) is 7.98. The maximum absolute atomic E-state index is 12.7. The lowest BCUT2D eigenvalue weighted by Crippen LogP contribution is -2.61. The Kier molecular flexibility index (Phi) is 4.33. The lowest BCUT2D eigenvalue weighted by Gasteiger charge is -2.42. The Balaban J connectivity index is 1.74. The van der Waals surface area contributed by atoms with Crippen LogP contribution in [0.1, 0.15) is 25.0 Å². The smallest absolute Gasteiger partial charge is 0.317 e. The molecule has 1 N–H and O–H groups in total. The van der Waals surface area contributed by atoms with E-state index in [9.17, 15) is 13.2 Å². The van der Waals surface area contributed by atoms with Crippen molar-refractivity contribution in [2.24, 2.45) is 0 Å². The summed E-state index contributed by atoms with van der Waals surface area (Å²) in [7, 11) is -3.46. The number of aryl methyl sites for hydroxylation is 2. The van der Waals surface area contributed by atoms with Gasteiger partial charge in [0.25, 0.3) is 0 Å². The Bertz CT molecular complexity index is 711. The van der Waals surface area contributed by atoms with E-state index < -0.39 is 10.0 Å². The molecule has 0 atom stereocenters. The highest BCUT2D eigenvalue weighted by Crippen LogP contribution is 2.26. The number of carbonyl (C=O) groups is 1. The van der Waals surface area contributed by atoms with E-state index in [-0.39, 0.29) is 12.1 Å². The van der Waals surface area contributed by atoms with Gasteiger partial charge in [0.05, 0.1) is 10.9 Å². The molecule has 1 aromatic rings. The van der Waals surface area contributed by atoms with E-state index in [0.29, 0.717) is 31.1 Å². The Hall–Kier alpha value is -1.60. The molecule has 0 bridgehead atoms. The fraction of sp³-hybridized carbons (Fsp3) is 0.562. The molecule has 126 valence electrons. The number of carbonyl (C=O) groups excluding carboxylic acids is 1. The molecular weight excluding hydrogens is 314 g/mol. The molecule has 7 heteroatoms. The maximum atomic E-state index is 12.7. The predicted molar refractivity (Wildman–Crippen MR) is 87.8 cm³/mol. The molecular formula is C16H23N3O3S. The summed E-state index contributed by atoms with van der Waals surface area (Å²) in [5.74, 6) is 0. The highest BCUT2D eigenvalue weighted by Gasteiger charge is 2.42. The largest absolute Gasteiger partial charge is 0.336 e. The van der Waals surface area contributed by atoms with Crippen LogP contribution < -0.4 is 5.32 Å². The third-order valence-electron chi connectivity index (χ3n) is 4.74. The van der Waals surface area contributed by atoms with Crippen molar-refractivity contribution in [2.45, 2.75) is 37.6 Å². The van der Waals surface area contributed by atoms with E-state index in [0.717, 1.165) is 18.4 Å². The van der Waals surface area contributed by atoms with Gasteiger partial charge in [0.2, 0.25) is 10.0 Å². The topological polar surface area (TPSA) is 69.7 Å². The van der Waals surface area contributed by atoms with Crippen LogP contribution in [0.5, 0.6) is 0 Å². The summed E-state index contributed by atoms with van der Waals surface area (Å²) in [6.45, 7) is 6.17. The average molecular weight is 337 g/mol. The van der Waals surface area contributed by atoms with Crippen LogP contribution in [0.4, 0.5) is 4.79 Å². The van der Waals surface area contributed by atoms with Crippen molar-refractivity contribution in [1.29, 1.82) is 0 Å². The van der Waals surface area contributed by atoms with Crippen LogP contribution in [-0.4, -0.2) is 55.9 Å². The van der Waals surface area contributed by atoms with Crippen molar-refractivity contribution in [2.75, 3.05) is 26.2 Å². The molecule has 2 amide bonds. The molecule has 0 aromatic heterocycles. The number of nitrogens with one attached hydrogen (secondary N) is 1. The van der Waals surface area contributed by atoms with Crippen molar-refractivity contribution in [3.05, 3.63) is 29.3 Å². The molecule has 6 nitrogen and oxygen atoms in total. The summed E-state index contributed by atoms with van der Waals surface area (Å²) >= 11 is 0. The van der Waals surface area contributed by atoms with E-state index >= 15 is 0 Å². The number of hydrogen-bond donors (Lipinski definition) is 1. The van der Waals surface area contributed by atoms with Gasteiger partial charge in [0.1, 0.15) is 0 Å². The molecule has 2 saturated heterocycles. The van der Waals surface area contributed by atoms with Gasteiger partial charge in [-0.15, -0.1) is 0 Å². The first-order valence-corrected chi connectivity index (χ1v) is 9.57. The second-order valence-electron chi connectivity index (χ2n) is 6.04. The fourth-order valence-corrected chi connectivity index (χ4v) is 4.80. The van der Waals surface area contributed by atoms with E-state index in [4.69, 9.17) is 0 Å². The zero-order valence-electron chi connectivity index (χ0n) is 13.6. The van der Waals surface area contributed by atoms with Gasteiger partial charge in [0.15, 0.2) is 0 Å². The third-order valence-corrected chi connectivity index (χ3v) is 6.56. The van der Waals surface area contributed by atoms with Gasteiger partial charge in [-0.25, -0.2) is 13.2 Å². The number of nitrogens with zero attached hydrogens (tertiary/aromatic N) is 2. The highest BCUT2D eigenvalue weighted by molar-refractivity contribution is 7.89. The average Bonchev–Trinajstić information content (AvgIpc) is 2.90. The first-order chi connectivity index (χ1) is 11.0. The molecule has 0 unspecified atom stereocenters. The van der Waals surface area contributed by atoms with Crippen LogP contribution in [0.3, 0.4) is 0 Å². The van der Waals surface area contributed by atoms with Crippen molar-refractivity contribution in [1.82, 2.24) is 14.5 Å². The van der Waals surface area contributed by atoms with Gasteiger partial charge in [-0.05, 0) is 36.1 Å². The standard InChI is InChI=1S/C16H23N3O3S/c1-3-12-5-6-15(9-13(12)4-2)23(21,22)18-10-14(11-18)19-8-7-17-16(19)20/h5-6,9,14H,3-4,7-8,10-11H2,1-2H3,(H,17,20). The van der Waals surface area contributed by atoms with Gasteiger partial charge in [0, 0.05) is 26.2 Å². The molecule has 2 aliphatic rings. The monoisotopic (exact) mass is 337 g/mol.